The van der Waals surface area contributed by atoms with Crippen molar-refractivity contribution in [3.05, 3.63) is 0 Å². The highest BCUT2D eigenvalue weighted by Crippen LogP contribution is 2.19. The molecule has 0 aromatic rings. The Labute approximate surface area is 92.8 Å². The second-order valence-electron chi connectivity index (χ2n) is 4.30. The highest BCUT2D eigenvalue weighted by molar-refractivity contribution is 5.80. The third-order valence-corrected chi connectivity index (χ3v) is 3.17. The second-order valence-corrected chi connectivity index (χ2v) is 4.30. The van der Waals surface area contributed by atoms with Gasteiger partial charge in [-0.2, -0.15) is 0 Å². The minimum atomic E-state index is -0.273. The maximum atomic E-state index is 12.0. The van der Waals surface area contributed by atoms with Crippen LogP contribution < -0.4 is 0 Å². The molecule has 0 N–H and O–H groups in total. The van der Waals surface area contributed by atoms with Crippen LogP contribution in [0.3, 0.4) is 0 Å². The third kappa shape index (κ3) is 3.49. The Hall–Kier alpha value is -0.570. The number of piperidine rings is 1. The van der Waals surface area contributed by atoms with Gasteiger partial charge in [0.25, 0.3) is 5.91 Å². The molecule has 3 nitrogen and oxygen atoms in total. The average molecular weight is 213 g/mol. The third-order valence-electron chi connectivity index (χ3n) is 3.17. The molecule has 0 aromatic heterocycles. The average Bonchev–Trinajstić information content (AvgIpc) is 2.28. The van der Waals surface area contributed by atoms with E-state index < -0.39 is 0 Å². The van der Waals surface area contributed by atoms with E-state index in [1.165, 1.54) is 12.8 Å². The van der Waals surface area contributed by atoms with Gasteiger partial charge in [-0.3, -0.25) is 4.79 Å². The number of carbonyl (C=O) groups is 1. The van der Waals surface area contributed by atoms with Crippen molar-refractivity contribution in [3.8, 4) is 0 Å². The zero-order chi connectivity index (χ0) is 11.3. The molecule has 1 rings (SSSR count). The van der Waals surface area contributed by atoms with Crippen LogP contribution >= 0.6 is 0 Å². The van der Waals surface area contributed by atoms with Gasteiger partial charge in [0.05, 0.1) is 0 Å². The van der Waals surface area contributed by atoms with Gasteiger partial charge in [0.15, 0.2) is 0 Å². The molecule has 0 saturated carbocycles. The smallest absolute Gasteiger partial charge is 0.251 e. The van der Waals surface area contributed by atoms with Crippen LogP contribution in [0.4, 0.5) is 0 Å². The summed E-state index contributed by atoms with van der Waals surface area (Å²) in [6.07, 6.45) is 3.31. The summed E-state index contributed by atoms with van der Waals surface area (Å²) >= 11 is 0. The zero-order valence-corrected chi connectivity index (χ0v) is 10.2. The molecule has 3 heteroatoms. The number of hydrogen-bond donors (Lipinski definition) is 0. The summed E-state index contributed by atoms with van der Waals surface area (Å²) in [7, 11) is 0. The second kappa shape index (κ2) is 6.11. The largest absolute Gasteiger partial charge is 0.369 e. The van der Waals surface area contributed by atoms with Gasteiger partial charge in [-0.05, 0) is 32.6 Å². The standard InChI is InChI=1S/C12H23NO2/c1-4-11-7-6-8-13(9-11)12(14)10(3)15-5-2/h10-11H,4-9H2,1-3H3/t10-,11-/m0/s1. The van der Waals surface area contributed by atoms with Gasteiger partial charge in [0.1, 0.15) is 6.10 Å². The van der Waals surface area contributed by atoms with E-state index in [1.54, 1.807) is 0 Å². The maximum absolute atomic E-state index is 12.0. The highest BCUT2D eigenvalue weighted by atomic mass is 16.5. The molecule has 0 bridgehead atoms. The lowest BCUT2D eigenvalue weighted by atomic mass is 9.95. The fraction of sp³-hybridized carbons (Fsp3) is 0.917. The van der Waals surface area contributed by atoms with E-state index in [-0.39, 0.29) is 12.0 Å². The monoisotopic (exact) mass is 213 g/mol. The number of amides is 1. The molecule has 15 heavy (non-hydrogen) atoms. The summed E-state index contributed by atoms with van der Waals surface area (Å²) in [6, 6.07) is 0. The Kier molecular flexibility index (Phi) is 5.09. The minimum Gasteiger partial charge on any atom is -0.369 e. The highest BCUT2D eigenvalue weighted by Gasteiger charge is 2.25. The Morgan fingerprint density at radius 1 is 1.53 bits per heavy atom. The predicted molar refractivity (Wildman–Crippen MR) is 60.7 cm³/mol. The number of nitrogens with zero attached hydrogens (tertiary/aromatic N) is 1. The molecule has 0 aliphatic carbocycles. The molecule has 1 aliphatic rings. The Balaban J connectivity index is 2.44. The molecular weight excluding hydrogens is 190 g/mol. The molecule has 0 aromatic carbocycles. The zero-order valence-electron chi connectivity index (χ0n) is 10.2. The van der Waals surface area contributed by atoms with Gasteiger partial charge in [-0.1, -0.05) is 13.3 Å². The van der Waals surface area contributed by atoms with Crippen LogP contribution in [-0.2, 0) is 9.53 Å². The lowest BCUT2D eigenvalue weighted by Crippen LogP contribution is -2.44. The van der Waals surface area contributed by atoms with Crippen LogP contribution in [0.25, 0.3) is 0 Å². The summed E-state index contributed by atoms with van der Waals surface area (Å²) < 4.78 is 5.33. The molecule has 1 saturated heterocycles. The minimum absolute atomic E-state index is 0.162. The van der Waals surface area contributed by atoms with Gasteiger partial charge < -0.3 is 9.64 Å². The summed E-state index contributed by atoms with van der Waals surface area (Å²) in [5.74, 6) is 0.853. The lowest BCUT2D eigenvalue weighted by Gasteiger charge is -2.33. The topological polar surface area (TPSA) is 29.5 Å². The van der Waals surface area contributed by atoms with Crippen LogP contribution in [0.1, 0.15) is 40.0 Å². The van der Waals surface area contributed by atoms with Gasteiger partial charge in [0.2, 0.25) is 0 Å². The summed E-state index contributed by atoms with van der Waals surface area (Å²) in [5, 5.41) is 0. The molecule has 0 unspecified atom stereocenters. The van der Waals surface area contributed by atoms with E-state index in [0.29, 0.717) is 12.5 Å². The van der Waals surface area contributed by atoms with Crippen LogP contribution in [0.2, 0.25) is 0 Å². The van der Waals surface area contributed by atoms with Gasteiger partial charge >= 0.3 is 0 Å². The first-order chi connectivity index (χ1) is 7.19. The number of carbonyl (C=O) groups excluding carboxylic acids is 1. The number of hydrogen-bond acceptors (Lipinski definition) is 2. The van der Waals surface area contributed by atoms with Crippen molar-refractivity contribution in [2.75, 3.05) is 19.7 Å². The van der Waals surface area contributed by atoms with E-state index in [9.17, 15) is 4.79 Å². The molecular formula is C12H23NO2. The first kappa shape index (κ1) is 12.5. The number of rotatable bonds is 4. The van der Waals surface area contributed by atoms with Crippen molar-refractivity contribution < 1.29 is 9.53 Å². The van der Waals surface area contributed by atoms with E-state index in [0.717, 1.165) is 19.5 Å². The van der Waals surface area contributed by atoms with Crippen molar-refractivity contribution in [1.82, 2.24) is 4.90 Å². The van der Waals surface area contributed by atoms with Crippen LogP contribution in [0, 0.1) is 5.92 Å². The van der Waals surface area contributed by atoms with Gasteiger partial charge in [-0.15, -0.1) is 0 Å². The van der Waals surface area contributed by atoms with Gasteiger partial charge in [-0.25, -0.2) is 0 Å². The Morgan fingerprint density at radius 2 is 2.27 bits per heavy atom. The van der Waals surface area contributed by atoms with Gasteiger partial charge in [0, 0.05) is 19.7 Å². The summed E-state index contributed by atoms with van der Waals surface area (Å²) in [6.45, 7) is 8.41. The van der Waals surface area contributed by atoms with Crippen LogP contribution in [0.5, 0.6) is 0 Å². The fourth-order valence-corrected chi connectivity index (χ4v) is 2.18. The number of ether oxygens (including phenoxy) is 1. The SMILES string of the molecule is CCO[C@@H](C)C(=O)N1CCC[C@H](CC)C1. The van der Waals surface area contributed by atoms with Crippen molar-refractivity contribution in [3.63, 3.8) is 0 Å². The molecule has 0 spiro atoms. The normalized spacial score (nSPS) is 23.9. The van der Waals surface area contributed by atoms with Crippen molar-refractivity contribution in [2.24, 2.45) is 5.92 Å². The summed E-state index contributed by atoms with van der Waals surface area (Å²) in [4.78, 5) is 13.9. The molecule has 88 valence electrons. The quantitative estimate of drug-likeness (QED) is 0.715. The van der Waals surface area contributed by atoms with Crippen molar-refractivity contribution in [2.45, 2.75) is 46.1 Å². The van der Waals surface area contributed by atoms with E-state index >= 15 is 0 Å². The first-order valence-electron chi connectivity index (χ1n) is 6.09. The van der Waals surface area contributed by atoms with E-state index in [1.807, 2.05) is 18.7 Å². The Bertz CT molecular complexity index is 206. The predicted octanol–water partition coefficient (Wildman–Crippen LogP) is 2.06. The molecule has 2 atom stereocenters. The summed E-state index contributed by atoms with van der Waals surface area (Å²) in [5.41, 5.74) is 0. The van der Waals surface area contributed by atoms with E-state index in [2.05, 4.69) is 6.92 Å². The molecule has 0 radical (unpaired) electrons. The van der Waals surface area contributed by atoms with Crippen LogP contribution in [0.15, 0.2) is 0 Å². The maximum Gasteiger partial charge on any atom is 0.251 e. The molecule has 1 heterocycles. The molecule has 1 amide bonds. The van der Waals surface area contributed by atoms with Crippen molar-refractivity contribution in [1.29, 1.82) is 0 Å². The van der Waals surface area contributed by atoms with Crippen molar-refractivity contribution >= 4 is 5.91 Å². The molecule has 1 fully saturated rings. The van der Waals surface area contributed by atoms with Crippen LogP contribution in [-0.4, -0.2) is 36.6 Å². The first-order valence-corrected chi connectivity index (χ1v) is 6.09. The fourth-order valence-electron chi connectivity index (χ4n) is 2.18. The van der Waals surface area contributed by atoms with E-state index in [4.69, 9.17) is 4.74 Å². The Morgan fingerprint density at radius 3 is 2.87 bits per heavy atom. The molecule has 1 aliphatic heterocycles. The lowest BCUT2D eigenvalue weighted by molar-refractivity contribution is -0.144. The number of likely N-dealkylation sites (tertiary alicyclic amines) is 1.